The van der Waals surface area contributed by atoms with Gasteiger partial charge in [-0.3, -0.25) is 0 Å². The van der Waals surface area contributed by atoms with Gasteiger partial charge in [0, 0.05) is 18.7 Å². The van der Waals surface area contributed by atoms with E-state index in [1.165, 1.54) is 18.9 Å². The van der Waals surface area contributed by atoms with Gasteiger partial charge in [-0.15, -0.1) is 0 Å². The molecule has 21 heavy (non-hydrogen) atoms. The topological polar surface area (TPSA) is 45.7 Å². The Bertz CT molecular complexity index is 476. The van der Waals surface area contributed by atoms with Crippen molar-refractivity contribution in [3.63, 3.8) is 0 Å². The van der Waals surface area contributed by atoms with Crippen molar-refractivity contribution in [1.82, 2.24) is 10.6 Å². The van der Waals surface area contributed by atoms with Gasteiger partial charge in [-0.05, 0) is 31.7 Å². The third kappa shape index (κ3) is 5.57. The molecule has 0 amide bonds. The Morgan fingerprint density at radius 3 is 2.76 bits per heavy atom. The fraction of sp³-hybridized carbons (Fsp3) is 0.533. The molecule has 2 N–H and O–H groups in total. The first-order chi connectivity index (χ1) is 10.2. The van der Waals surface area contributed by atoms with Gasteiger partial charge in [0.15, 0.2) is 5.96 Å². The lowest BCUT2D eigenvalue weighted by atomic mass is 10.2. The number of nitrogens with one attached hydrogen (secondary N) is 2. The van der Waals surface area contributed by atoms with Gasteiger partial charge in [0.25, 0.3) is 0 Å². The molecule has 1 aromatic rings. The van der Waals surface area contributed by atoms with Crippen molar-refractivity contribution >= 4 is 5.96 Å². The van der Waals surface area contributed by atoms with Crippen LogP contribution in [0.5, 0.6) is 5.75 Å². The Morgan fingerprint density at radius 1 is 1.33 bits per heavy atom. The zero-order valence-corrected chi connectivity index (χ0v) is 12.1. The smallest absolute Gasteiger partial charge is 0.387 e. The van der Waals surface area contributed by atoms with Gasteiger partial charge < -0.3 is 15.4 Å². The Labute approximate surface area is 123 Å². The number of benzene rings is 1. The van der Waals surface area contributed by atoms with E-state index in [4.69, 9.17) is 0 Å². The van der Waals surface area contributed by atoms with Gasteiger partial charge in [-0.2, -0.15) is 8.78 Å². The van der Waals surface area contributed by atoms with Crippen molar-refractivity contribution in [3.8, 4) is 5.75 Å². The highest BCUT2D eigenvalue weighted by molar-refractivity contribution is 5.79. The summed E-state index contributed by atoms with van der Waals surface area (Å²) >= 11 is 0. The van der Waals surface area contributed by atoms with Crippen LogP contribution in [0.15, 0.2) is 29.3 Å². The molecule has 1 aliphatic carbocycles. The highest BCUT2D eigenvalue weighted by Crippen LogP contribution is 2.27. The van der Waals surface area contributed by atoms with E-state index in [0.717, 1.165) is 19.0 Å². The Hall–Kier alpha value is -1.85. The molecule has 0 aliphatic heterocycles. The number of para-hydroxylation sites is 1. The van der Waals surface area contributed by atoms with Gasteiger partial charge in [0.2, 0.25) is 0 Å². The summed E-state index contributed by atoms with van der Waals surface area (Å²) in [5.41, 5.74) is 0.640. The van der Waals surface area contributed by atoms with Crippen LogP contribution in [0.4, 0.5) is 8.78 Å². The summed E-state index contributed by atoms with van der Waals surface area (Å²) in [4.78, 5) is 4.42. The molecule has 1 saturated carbocycles. The molecule has 1 aromatic carbocycles. The predicted octanol–water partition coefficient (Wildman–Crippen LogP) is 2.75. The van der Waals surface area contributed by atoms with Crippen molar-refractivity contribution in [3.05, 3.63) is 29.8 Å². The fourth-order valence-corrected chi connectivity index (χ4v) is 1.91. The van der Waals surface area contributed by atoms with Crippen LogP contribution in [0.25, 0.3) is 0 Å². The second kappa shape index (κ2) is 7.81. The van der Waals surface area contributed by atoms with Crippen LogP contribution in [-0.4, -0.2) is 25.7 Å². The SMILES string of the molecule is CCNC(=NCc1ccccc1OC(F)F)NCC1CC1. The first-order valence-electron chi connectivity index (χ1n) is 7.24. The Balaban J connectivity index is 1.98. The molecule has 6 heteroatoms. The van der Waals surface area contributed by atoms with E-state index in [1.807, 2.05) is 6.92 Å². The summed E-state index contributed by atoms with van der Waals surface area (Å²) in [7, 11) is 0. The molecule has 4 nitrogen and oxygen atoms in total. The van der Waals surface area contributed by atoms with Crippen LogP contribution in [0.1, 0.15) is 25.3 Å². The molecule has 1 fully saturated rings. The molecule has 0 unspecified atom stereocenters. The molecule has 0 spiro atoms. The summed E-state index contributed by atoms with van der Waals surface area (Å²) in [6, 6.07) is 6.72. The first-order valence-corrected chi connectivity index (χ1v) is 7.24. The maximum atomic E-state index is 12.4. The van der Waals surface area contributed by atoms with E-state index < -0.39 is 6.61 Å². The summed E-state index contributed by atoms with van der Waals surface area (Å²) in [6.45, 7) is 1.12. The van der Waals surface area contributed by atoms with E-state index >= 15 is 0 Å². The molecule has 0 bridgehead atoms. The maximum absolute atomic E-state index is 12.4. The standard InChI is InChI=1S/C15H21F2N3O/c1-2-18-15(19-9-11-7-8-11)20-10-12-5-3-4-6-13(12)21-14(16)17/h3-6,11,14H,2,7-10H2,1H3,(H2,18,19,20). The van der Waals surface area contributed by atoms with Crippen molar-refractivity contribution in [2.75, 3.05) is 13.1 Å². The fourth-order valence-electron chi connectivity index (χ4n) is 1.91. The van der Waals surface area contributed by atoms with Gasteiger partial charge in [-0.25, -0.2) is 4.99 Å². The summed E-state index contributed by atoms with van der Waals surface area (Å²) < 4.78 is 29.2. The predicted molar refractivity (Wildman–Crippen MR) is 78.6 cm³/mol. The van der Waals surface area contributed by atoms with Crippen molar-refractivity contribution < 1.29 is 13.5 Å². The molecular formula is C15H21F2N3O. The van der Waals surface area contributed by atoms with E-state index in [2.05, 4.69) is 20.4 Å². The average Bonchev–Trinajstić information content (AvgIpc) is 3.27. The third-order valence-electron chi connectivity index (χ3n) is 3.20. The molecular weight excluding hydrogens is 276 g/mol. The molecule has 1 aliphatic rings. The first kappa shape index (κ1) is 15.5. The number of hydrogen-bond donors (Lipinski definition) is 2. The van der Waals surface area contributed by atoms with E-state index in [-0.39, 0.29) is 5.75 Å². The molecule has 0 atom stereocenters. The molecule has 0 heterocycles. The van der Waals surface area contributed by atoms with Gasteiger partial charge in [0.05, 0.1) is 6.54 Å². The van der Waals surface area contributed by atoms with Gasteiger partial charge >= 0.3 is 6.61 Å². The Kier molecular flexibility index (Phi) is 5.78. The minimum Gasteiger partial charge on any atom is -0.434 e. The van der Waals surface area contributed by atoms with E-state index in [0.29, 0.717) is 18.1 Å². The van der Waals surface area contributed by atoms with Crippen LogP contribution in [-0.2, 0) is 6.54 Å². The molecule has 116 valence electrons. The van der Waals surface area contributed by atoms with Gasteiger partial charge in [0.1, 0.15) is 5.75 Å². The minimum atomic E-state index is -2.82. The van der Waals surface area contributed by atoms with Crippen molar-refractivity contribution in [2.45, 2.75) is 32.9 Å². The number of nitrogens with zero attached hydrogens (tertiary/aromatic N) is 1. The zero-order valence-electron chi connectivity index (χ0n) is 12.1. The molecule has 0 radical (unpaired) electrons. The van der Waals surface area contributed by atoms with Crippen molar-refractivity contribution in [1.29, 1.82) is 0 Å². The lowest BCUT2D eigenvalue weighted by Gasteiger charge is -2.12. The van der Waals surface area contributed by atoms with Crippen LogP contribution in [0, 0.1) is 5.92 Å². The second-order valence-electron chi connectivity index (χ2n) is 5.01. The lowest BCUT2D eigenvalue weighted by Crippen LogP contribution is -2.38. The summed E-state index contributed by atoms with van der Waals surface area (Å²) in [5, 5.41) is 6.41. The highest BCUT2D eigenvalue weighted by Gasteiger charge is 2.21. The molecule has 0 aromatic heterocycles. The monoisotopic (exact) mass is 297 g/mol. The summed E-state index contributed by atoms with van der Waals surface area (Å²) in [5.74, 6) is 1.62. The molecule has 2 rings (SSSR count). The molecule has 0 saturated heterocycles. The number of halogens is 2. The maximum Gasteiger partial charge on any atom is 0.387 e. The number of ether oxygens (including phenoxy) is 1. The van der Waals surface area contributed by atoms with Crippen LogP contribution < -0.4 is 15.4 Å². The third-order valence-corrected chi connectivity index (χ3v) is 3.20. The number of guanidine groups is 1. The largest absolute Gasteiger partial charge is 0.434 e. The lowest BCUT2D eigenvalue weighted by molar-refractivity contribution is -0.0504. The zero-order chi connectivity index (χ0) is 15.1. The number of hydrogen-bond acceptors (Lipinski definition) is 2. The minimum absolute atomic E-state index is 0.175. The number of alkyl halides is 2. The highest BCUT2D eigenvalue weighted by atomic mass is 19.3. The van der Waals surface area contributed by atoms with Crippen LogP contribution in [0.2, 0.25) is 0 Å². The average molecular weight is 297 g/mol. The van der Waals surface area contributed by atoms with E-state index in [9.17, 15) is 8.78 Å². The van der Waals surface area contributed by atoms with Gasteiger partial charge in [-0.1, -0.05) is 18.2 Å². The van der Waals surface area contributed by atoms with Crippen LogP contribution in [0.3, 0.4) is 0 Å². The number of rotatable bonds is 7. The summed E-state index contributed by atoms with van der Waals surface area (Å²) in [6.07, 6.45) is 2.52. The second-order valence-corrected chi connectivity index (χ2v) is 5.01. The van der Waals surface area contributed by atoms with E-state index in [1.54, 1.807) is 18.2 Å². The van der Waals surface area contributed by atoms with Crippen molar-refractivity contribution in [2.24, 2.45) is 10.9 Å². The quantitative estimate of drug-likeness (QED) is 0.601. The normalized spacial score (nSPS) is 15.1. The van der Waals surface area contributed by atoms with Crippen LogP contribution >= 0.6 is 0 Å². The number of aliphatic imine (C=N–C) groups is 1. The Morgan fingerprint density at radius 2 is 2.10 bits per heavy atom.